The molecule has 0 radical (unpaired) electrons. The summed E-state index contributed by atoms with van der Waals surface area (Å²) >= 11 is 5.58. The fourth-order valence-corrected chi connectivity index (χ4v) is 2.43. The lowest BCUT2D eigenvalue weighted by Gasteiger charge is -2.10. The number of rotatable bonds is 1. The van der Waals surface area contributed by atoms with Gasteiger partial charge in [0.25, 0.3) is 0 Å². The van der Waals surface area contributed by atoms with Crippen LogP contribution in [0.1, 0.15) is 64.2 Å². The summed E-state index contributed by atoms with van der Waals surface area (Å²) < 4.78 is 0. The van der Waals surface area contributed by atoms with E-state index < -0.39 is 0 Å². The van der Waals surface area contributed by atoms with Crippen LogP contribution in [0.25, 0.3) is 0 Å². The zero-order valence-electron chi connectivity index (χ0n) is 8.93. The van der Waals surface area contributed by atoms with E-state index in [1.54, 1.807) is 0 Å². The van der Waals surface area contributed by atoms with Crippen molar-refractivity contribution in [2.75, 3.05) is 0 Å². The summed E-state index contributed by atoms with van der Waals surface area (Å²) in [5, 5.41) is -0.107. The van der Waals surface area contributed by atoms with Gasteiger partial charge in [0, 0.05) is 5.92 Å². The molecule has 1 saturated carbocycles. The second-order valence-corrected chi connectivity index (χ2v) is 4.78. The van der Waals surface area contributed by atoms with E-state index in [1.807, 2.05) is 0 Å². The molecule has 0 aromatic rings. The van der Waals surface area contributed by atoms with Gasteiger partial charge in [-0.25, -0.2) is 0 Å². The van der Waals surface area contributed by atoms with Crippen molar-refractivity contribution in [2.24, 2.45) is 5.92 Å². The SMILES string of the molecule is O=C(Cl)C1CCCCCCCCCC1. The van der Waals surface area contributed by atoms with Gasteiger partial charge in [0.2, 0.25) is 5.24 Å². The molecule has 1 rings (SSSR count). The molecule has 1 aliphatic rings. The molecule has 1 aliphatic carbocycles. The van der Waals surface area contributed by atoms with E-state index in [0.29, 0.717) is 0 Å². The predicted octanol–water partition coefficient (Wildman–Crippen LogP) is 4.28. The number of halogens is 1. The van der Waals surface area contributed by atoms with Crippen molar-refractivity contribution in [3.05, 3.63) is 0 Å². The van der Waals surface area contributed by atoms with Crippen molar-refractivity contribution in [3.63, 3.8) is 0 Å². The van der Waals surface area contributed by atoms with Crippen LogP contribution in [0.2, 0.25) is 0 Å². The number of hydrogen-bond acceptors (Lipinski definition) is 1. The van der Waals surface area contributed by atoms with Crippen molar-refractivity contribution in [2.45, 2.75) is 64.2 Å². The molecule has 0 saturated heterocycles. The third-order valence-electron chi connectivity index (χ3n) is 3.18. The Labute approximate surface area is 92.2 Å². The van der Waals surface area contributed by atoms with Gasteiger partial charge in [-0.05, 0) is 24.4 Å². The van der Waals surface area contributed by atoms with E-state index in [0.717, 1.165) is 12.8 Å². The van der Waals surface area contributed by atoms with Crippen LogP contribution in [-0.2, 0) is 4.79 Å². The first-order valence-electron chi connectivity index (χ1n) is 6.00. The Kier molecular flexibility index (Phi) is 6.25. The van der Waals surface area contributed by atoms with Gasteiger partial charge in [0.05, 0.1) is 0 Å². The van der Waals surface area contributed by atoms with E-state index in [2.05, 4.69) is 0 Å². The lowest BCUT2D eigenvalue weighted by Crippen LogP contribution is -2.08. The molecule has 0 aliphatic heterocycles. The molecule has 0 amide bonds. The van der Waals surface area contributed by atoms with Crippen molar-refractivity contribution < 1.29 is 4.79 Å². The average Bonchev–Trinajstić information content (AvgIpc) is 2.21. The van der Waals surface area contributed by atoms with E-state index in [1.165, 1.54) is 51.4 Å². The first-order chi connectivity index (χ1) is 6.80. The lowest BCUT2D eigenvalue weighted by atomic mass is 9.97. The highest BCUT2D eigenvalue weighted by molar-refractivity contribution is 6.63. The standard InChI is InChI=1S/C12H21ClO/c13-12(14)11-9-7-5-3-1-2-4-6-8-10-11/h11H,1-10H2. The number of hydrogen-bond donors (Lipinski definition) is 0. The maximum atomic E-state index is 11.1. The minimum atomic E-state index is -0.107. The van der Waals surface area contributed by atoms with Crippen LogP contribution < -0.4 is 0 Å². The molecule has 0 N–H and O–H groups in total. The second-order valence-electron chi connectivity index (χ2n) is 4.41. The maximum Gasteiger partial charge on any atom is 0.224 e. The normalized spacial score (nSPS) is 22.6. The second kappa shape index (κ2) is 7.28. The fourth-order valence-electron chi connectivity index (χ4n) is 2.21. The van der Waals surface area contributed by atoms with E-state index in [9.17, 15) is 4.79 Å². The minimum absolute atomic E-state index is 0.107. The largest absolute Gasteiger partial charge is 0.281 e. The zero-order valence-corrected chi connectivity index (χ0v) is 9.69. The zero-order chi connectivity index (χ0) is 10.2. The highest BCUT2D eigenvalue weighted by Crippen LogP contribution is 2.22. The third-order valence-corrected chi connectivity index (χ3v) is 3.48. The van der Waals surface area contributed by atoms with Crippen LogP contribution in [0.5, 0.6) is 0 Å². The van der Waals surface area contributed by atoms with Crippen LogP contribution in [0.3, 0.4) is 0 Å². The van der Waals surface area contributed by atoms with Crippen molar-refractivity contribution in [1.82, 2.24) is 0 Å². The van der Waals surface area contributed by atoms with Gasteiger partial charge in [-0.15, -0.1) is 0 Å². The van der Waals surface area contributed by atoms with Gasteiger partial charge in [-0.3, -0.25) is 4.79 Å². The fraction of sp³-hybridized carbons (Fsp3) is 0.917. The predicted molar refractivity (Wildman–Crippen MR) is 60.5 cm³/mol. The molecular weight excluding hydrogens is 196 g/mol. The van der Waals surface area contributed by atoms with Crippen molar-refractivity contribution >= 4 is 16.8 Å². The Hall–Kier alpha value is -0.0400. The highest BCUT2D eigenvalue weighted by Gasteiger charge is 2.15. The summed E-state index contributed by atoms with van der Waals surface area (Å²) in [6.07, 6.45) is 12.4. The number of carbonyl (C=O) groups excluding carboxylic acids is 1. The molecule has 1 nitrogen and oxygen atoms in total. The minimum Gasteiger partial charge on any atom is -0.281 e. The average molecular weight is 217 g/mol. The van der Waals surface area contributed by atoms with Gasteiger partial charge in [-0.2, -0.15) is 0 Å². The molecule has 2 heteroatoms. The van der Waals surface area contributed by atoms with Gasteiger partial charge >= 0.3 is 0 Å². The molecule has 82 valence electrons. The molecule has 0 unspecified atom stereocenters. The van der Waals surface area contributed by atoms with Crippen LogP contribution >= 0.6 is 11.6 Å². The van der Waals surface area contributed by atoms with Gasteiger partial charge in [-0.1, -0.05) is 51.4 Å². The van der Waals surface area contributed by atoms with Crippen molar-refractivity contribution in [1.29, 1.82) is 0 Å². The third kappa shape index (κ3) is 4.99. The van der Waals surface area contributed by atoms with Crippen molar-refractivity contribution in [3.8, 4) is 0 Å². The molecule has 1 fully saturated rings. The quantitative estimate of drug-likeness (QED) is 0.598. The molecule has 0 bridgehead atoms. The van der Waals surface area contributed by atoms with Gasteiger partial charge < -0.3 is 0 Å². The Bertz CT molecular complexity index is 156. The Morgan fingerprint density at radius 3 is 1.50 bits per heavy atom. The summed E-state index contributed by atoms with van der Waals surface area (Å²) in [7, 11) is 0. The number of carbonyl (C=O) groups is 1. The summed E-state index contributed by atoms with van der Waals surface area (Å²) in [5.74, 6) is 0.148. The monoisotopic (exact) mass is 216 g/mol. The Balaban J connectivity index is 2.31. The molecular formula is C12H21ClO. The summed E-state index contributed by atoms with van der Waals surface area (Å²) in [6, 6.07) is 0. The molecule has 0 aromatic heterocycles. The molecule has 14 heavy (non-hydrogen) atoms. The molecule has 0 aromatic carbocycles. The maximum absolute atomic E-state index is 11.1. The first kappa shape index (κ1) is 12.0. The van der Waals surface area contributed by atoms with Crippen LogP contribution in [-0.4, -0.2) is 5.24 Å². The van der Waals surface area contributed by atoms with E-state index in [4.69, 9.17) is 11.6 Å². The van der Waals surface area contributed by atoms with Gasteiger partial charge in [0.1, 0.15) is 0 Å². The smallest absolute Gasteiger partial charge is 0.224 e. The first-order valence-corrected chi connectivity index (χ1v) is 6.38. The van der Waals surface area contributed by atoms with Gasteiger partial charge in [0.15, 0.2) is 0 Å². The molecule has 0 heterocycles. The molecule has 0 atom stereocenters. The summed E-state index contributed by atoms with van der Waals surface area (Å²) in [6.45, 7) is 0. The van der Waals surface area contributed by atoms with E-state index in [-0.39, 0.29) is 11.2 Å². The highest BCUT2D eigenvalue weighted by atomic mass is 35.5. The van der Waals surface area contributed by atoms with E-state index >= 15 is 0 Å². The Morgan fingerprint density at radius 2 is 1.14 bits per heavy atom. The van der Waals surface area contributed by atoms with Crippen LogP contribution in [0, 0.1) is 5.92 Å². The Morgan fingerprint density at radius 1 is 0.786 bits per heavy atom. The van der Waals surface area contributed by atoms with Crippen LogP contribution in [0.15, 0.2) is 0 Å². The molecule has 0 spiro atoms. The summed E-state index contributed by atoms with van der Waals surface area (Å²) in [4.78, 5) is 11.1. The topological polar surface area (TPSA) is 17.1 Å². The van der Waals surface area contributed by atoms with Crippen LogP contribution in [0.4, 0.5) is 0 Å². The summed E-state index contributed by atoms with van der Waals surface area (Å²) in [5.41, 5.74) is 0. The lowest BCUT2D eigenvalue weighted by molar-refractivity contribution is -0.115.